The quantitative estimate of drug-likeness (QED) is 0.411. The van der Waals surface area contributed by atoms with Crippen molar-refractivity contribution in [3.05, 3.63) is 71.2 Å². The van der Waals surface area contributed by atoms with Gasteiger partial charge in [-0.1, -0.05) is 6.08 Å². The van der Waals surface area contributed by atoms with Gasteiger partial charge in [-0.3, -0.25) is 14.5 Å². The number of imide groups is 1. The molecule has 2 heterocycles. The van der Waals surface area contributed by atoms with Crippen molar-refractivity contribution in [2.75, 3.05) is 13.2 Å². The molecule has 0 bridgehead atoms. The second-order valence-corrected chi connectivity index (χ2v) is 5.82. The molecule has 0 saturated heterocycles. The fraction of sp³-hybridized carbons (Fsp3) is 0.200. The molecule has 2 aromatic rings. The van der Waals surface area contributed by atoms with Crippen LogP contribution in [0.1, 0.15) is 54.1 Å². The van der Waals surface area contributed by atoms with Gasteiger partial charge in [0.05, 0.1) is 29.6 Å². The first-order valence-corrected chi connectivity index (χ1v) is 8.49. The van der Waals surface area contributed by atoms with Crippen LogP contribution < -0.4 is 0 Å². The number of fused-ring (bicyclic) bond motifs is 1. The molecule has 0 atom stereocenters. The zero-order chi connectivity index (χ0) is 20.3. The number of benzene rings is 1. The molecular weight excluding hydrogens is 366 g/mol. The van der Waals surface area contributed by atoms with Gasteiger partial charge < -0.3 is 13.9 Å². The van der Waals surface area contributed by atoms with E-state index in [0.29, 0.717) is 0 Å². The van der Waals surface area contributed by atoms with Crippen LogP contribution in [0.4, 0.5) is 0 Å². The minimum absolute atomic E-state index is 0.0846. The van der Waals surface area contributed by atoms with Crippen molar-refractivity contribution >= 4 is 23.8 Å². The van der Waals surface area contributed by atoms with Crippen LogP contribution in [0.2, 0.25) is 0 Å². The standard InChI is InChI=1S/C20H17NO7/c1-3-8-21-17(22)13-6-5-12(10-15(13)18(21)23)19(24)28-11-16-14(7-9-27-16)20(25)26-4-2/h3,5-7,9-10H,1,4,8,11H2,2H3. The highest BCUT2D eigenvalue weighted by molar-refractivity contribution is 6.22. The Kier molecular flexibility index (Phi) is 5.39. The van der Waals surface area contributed by atoms with Crippen molar-refractivity contribution in [2.45, 2.75) is 13.5 Å². The van der Waals surface area contributed by atoms with Crippen LogP contribution in [0, 0.1) is 0 Å². The number of rotatable bonds is 7. The van der Waals surface area contributed by atoms with E-state index in [1.165, 1.54) is 36.6 Å². The Labute approximate surface area is 160 Å². The summed E-state index contributed by atoms with van der Waals surface area (Å²) in [6.07, 6.45) is 2.74. The maximum absolute atomic E-state index is 12.3. The molecule has 8 heteroatoms. The maximum atomic E-state index is 12.3. The minimum atomic E-state index is -0.726. The van der Waals surface area contributed by atoms with Gasteiger partial charge in [0.25, 0.3) is 11.8 Å². The first kappa shape index (κ1) is 19.1. The number of esters is 2. The largest absolute Gasteiger partial charge is 0.465 e. The highest BCUT2D eigenvalue weighted by Crippen LogP contribution is 2.24. The summed E-state index contributed by atoms with van der Waals surface area (Å²) < 4.78 is 15.2. The molecule has 3 rings (SSSR count). The summed E-state index contributed by atoms with van der Waals surface area (Å²) in [5.41, 5.74) is 0.625. The van der Waals surface area contributed by atoms with Crippen LogP contribution in [-0.2, 0) is 16.1 Å². The monoisotopic (exact) mass is 383 g/mol. The molecule has 0 spiro atoms. The summed E-state index contributed by atoms with van der Waals surface area (Å²) in [4.78, 5) is 49.7. The number of furan rings is 1. The van der Waals surface area contributed by atoms with Crippen molar-refractivity contribution in [1.82, 2.24) is 4.90 Å². The van der Waals surface area contributed by atoms with Gasteiger partial charge in [0.15, 0.2) is 12.4 Å². The van der Waals surface area contributed by atoms with Gasteiger partial charge in [-0.05, 0) is 31.2 Å². The molecule has 1 aliphatic rings. The first-order chi connectivity index (χ1) is 13.5. The highest BCUT2D eigenvalue weighted by atomic mass is 16.5. The van der Waals surface area contributed by atoms with Crippen molar-refractivity contribution in [3.63, 3.8) is 0 Å². The van der Waals surface area contributed by atoms with Crippen LogP contribution in [0.15, 0.2) is 47.6 Å². The molecule has 28 heavy (non-hydrogen) atoms. The van der Waals surface area contributed by atoms with E-state index in [4.69, 9.17) is 13.9 Å². The van der Waals surface area contributed by atoms with Crippen LogP contribution in [0.25, 0.3) is 0 Å². The van der Waals surface area contributed by atoms with E-state index in [1.54, 1.807) is 6.92 Å². The summed E-state index contributed by atoms with van der Waals surface area (Å²) in [5.74, 6) is -2.08. The van der Waals surface area contributed by atoms with Crippen molar-refractivity contribution < 1.29 is 33.1 Å². The first-order valence-electron chi connectivity index (χ1n) is 8.49. The predicted molar refractivity (Wildman–Crippen MR) is 95.8 cm³/mol. The Morgan fingerprint density at radius 3 is 2.57 bits per heavy atom. The van der Waals surface area contributed by atoms with Gasteiger partial charge in [0.2, 0.25) is 0 Å². The number of carbonyl (C=O) groups is 4. The Bertz CT molecular complexity index is 973. The number of nitrogens with zero attached hydrogens (tertiary/aromatic N) is 1. The predicted octanol–water partition coefficient (Wildman–Crippen LogP) is 2.60. The van der Waals surface area contributed by atoms with Crippen molar-refractivity contribution in [3.8, 4) is 0 Å². The summed E-state index contributed by atoms with van der Waals surface area (Å²) in [7, 11) is 0. The summed E-state index contributed by atoms with van der Waals surface area (Å²) >= 11 is 0. The minimum Gasteiger partial charge on any atom is -0.465 e. The normalized spacial score (nSPS) is 12.7. The second kappa shape index (κ2) is 7.91. The number of carbonyl (C=O) groups excluding carboxylic acids is 4. The Morgan fingerprint density at radius 2 is 1.86 bits per heavy atom. The molecular formula is C20H17NO7. The summed E-state index contributed by atoms with van der Waals surface area (Å²) in [5, 5.41) is 0. The average molecular weight is 383 g/mol. The van der Waals surface area contributed by atoms with Crippen molar-refractivity contribution in [1.29, 1.82) is 0 Å². The lowest BCUT2D eigenvalue weighted by atomic mass is 10.1. The molecule has 8 nitrogen and oxygen atoms in total. The van der Waals surface area contributed by atoms with Gasteiger partial charge in [-0.25, -0.2) is 9.59 Å². The Morgan fingerprint density at radius 1 is 1.11 bits per heavy atom. The lowest BCUT2D eigenvalue weighted by Crippen LogP contribution is -2.29. The van der Waals surface area contributed by atoms with E-state index < -0.39 is 23.8 Å². The number of hydrogen-bond acceptors (Lipinski definition) is 7. The molecule has 1 aromatic carbocycles. The SMILES string of the molecule is C=CCN1C(=O)c2ccc(C(=O)OCc3occc3C(=O)OCC)cc2C1=O. The number of hydrogen-bond donors (Lipinski definition) is 0. The average Bonchev–Trinajstić information content (AvgIpc) is 3.25. The third-order valence-corrected chi connectivity index (χ3v) is 4.09. The number of ether oxygens (including phenoxy) is 2. The van der Waals surface area contributed by atoms with E-state index in [0.717, 1.165) is 4.90 Å². The van der Waals surface area contributed by atoms with E-state index >= 15 is 0 Å². The van der Waals surface area contributed by atoms with Crippen LogP contribution in [0.5, 0.6) is 0 Å². The molecule has 1 aromatic heterocycles. The molecule has 0 saturated carbocycles. The van der Waals surface area contributed by atoms with E-state index in [-0.39, 0.29) is 47.8 Å². The molecule has 144 valence electrons. The third-order valence-electron chi connectivity index (χ3n) is 4.09. The molecule has 0 fully saturated rings. The van der Waals surface area contributed by atoms with Gasteiger partial charge in [0, 0.05) is 6.54 Å². The molecule has 0 aliphatic carbocycles. The van der Waals surface area contributed by atoms with Gasteiger partial charge in [-0.2, -0.15) is 0 Å². The smallest absolute Gasteiger partial charge is 0.341 e. The fourth-order valence-corrected chi connectivity index (χ4v) is 2.77. The van der Waals surface area contributed by atoms with Crippen LogP contribution in [-0.4, -0.2) is 41.8 Å². The topological polar surface area (TPSA) is 103 Å². The lowest BCUT2D eigenvalue weighted by molar-refractivity contribution is 0.0422. The number of amides is 2. The highest BCUT2D eigenvalue weighted by Gasteiger charge is 2.35. The Hall–Kier alpha value is -3.68. The van der Waals surface area contributed by atoms with Gasteiger partial charge >= 0.3 is 11.9 Å². The fourth-order valence-electron chi connectivity index (χ4n) is 2.77. The lowest BCUT2D eigenvalue weighted by Gasteiger charge is -2.09. The summed E-state index contributed by atoms with van der Waals surface area (Å²) in [6.45, 7) is 5.20. The zero-order valence-electron chi connectivity index (χ0n) is 15.1. The second-order valence-electron chi connectivity index (χ2n) is 5.82. The van der Waals surface area contributed by atoms with Crippen molar-refractivity contribution in [2.24, 2.45) is 0 Å². The molecule has 0 unspecified atom stereocenters. The summed E-state index contributed by atoms with van der Waals surface area (Å²) in [6, 6.07) is 5.55. The van der Waals surface area contributed by atoms with E-state index in [9.17, 15) is 19.2 Å². The van der Waals surface area contributed by atoms with Crippen LogP contribution >= 0.6 is 0 Å². The van der Waals surface area contributed by atoms with Crippen LogP contribution in [0.3, 0.4) is 0 Å². The van der Waals surface area contributed by atoms with E-state index in [1.807, 2.05) is 0 Å². The molecule has 1 aliphatic heterocycles. The maximum Gasteiger partial charge on any atom is 0.341 e. The zero-order valence-corrected chi connectivity index (χ0v) is 15.1. The molecule has 0 N–H and O–H groups in total. The molecule has 2 amide bonds. The Balaban J connectivity index is 1.73. The van der Waals surface area contributed by atoms with Gasteiger partial charge in [-0.15, -0.1) is 6.58 Å². The third kappa shape index (κ3) is 3.44. The van der Waals surface area contributed by atoms with E-state index in [2.05, 4.69) is 6.58 Å². The van der Waals surface area contributed by atoms with Gasteiger partial charge in [0.1, 0.15) is 5.56 Å². The molecule has 0 radical (unpaired) electrons.